The van der Waals surface area contributed by atoms with E-state index in [9.17, 15) is 4.79 Å². The van der Waals surface area contributed by atoms with E-state index in [2.05, 4.69) is 16.8 Å². The molecular formula is C12H13N3O2. The van der Waals surface area contributed by atoms with E-state index in [1.54, 1.807) is 6.92 Å². The van der Waals surface area contributed by atoms with Gasteiger partial charge in [0.25, 0.3) is 0 Å². The zero-order valence-electron chi connectivity index (χ0n) is 9.59. The van der Waals surface area contributed by atoms with Crippen molar-refractivity contribution in [2.75, 3.05) is 6.61 Å². The Morgan fingerprint density at radius 3 is 2.47 bits per heavy atom. The third-order valence-electron chi connectivity index (χ3n) is 2.20. The lowest BCUT2D eigenvalue weighted by molar-refractivity contribution is -0.139. The summed E-state index contributed by atoms with van der Waals surface area (Å²) >= 11 is 0. The minimum atomic E-state index is -0.387. The fraction of sp³-hybridized carbons (Fsp3) is 0.250. The topological polar surface area (TPSA) is 57.0 Å². The second-order valence-electron chi connectivity index (χ2n) is 3.70. The van der Waals surface area contributed by atoms with Crippen LogP contribution in [0.1, 0.15) is 6.92 Å². The van der Waals surface area contributed by atoms with Crippen LogP contribution in [0.15, 0.2) is 36.4 Å². The SMILES string of the molecule is C=C(C)C(=O)OCCn1nc2ccccc2n1. The Bertz CT molecular complexity index is 527. The van der Waals surface area contributed by atoms with E-state index in [1.807, 2.05) is 24.3 Å². The molecule has 0 amide bonds. The summed E-state index contributed by atoms with van der Waals surface area (Å²) in [4.78, 5) is 12.7. The number of fused-ring (bicyclic) bond motifs is 1. The maximum Gasteiger partial charge on any atom is 0.333 e. The van der Waals surface area contributed by atoms with Gasteiger partial charge in [0.05, 0.1) is 6.54 Å². The standard InChI is InChI=1S/C12H13N3O2/c1-9(2)12(16)17-8-7-15-13-10-5-3-4-6-11(10)14-15/h3-6H,1,7-8H2,2H3. The zero-order valence-corrected chi connectivity index (χ0v) is 9.59. The number of carbonyl (C=O) groups is 1. The molecule has 17 heavy (non-hydrogen) atoms. The molecule has 5 nitrogen and oxygen atoms in total. The Morgan fingerprint density at radius 1 is 1.35 bits per heavy atom. The Morgan fingerprint density at radius 2 is 1.94 bits per heavy atom. The molecule has 0 aliphatic rings. The molecule has 0 saturated carbocycles. The largest absolute Gasteiger partial charge is 0.460 e. The third kappa shape index (κ3) is 2.69. The summed E-state index contributed by atoms with van der Waals surface area (Å²) in [7, 11) is 0. The van der Waals surface area contributed by atoms with Crippen LogP contribution in [0.3, 0.4) is 0 Å². The predicted molar refractivity (Wildman–Crippen MR) is 63.3 cm³/mol. The number of benzene rings is 1. The number of hydrogen-bond acceptors (Lipinski definition) is 4. The van der Waals surface area contributed by atoms with E-state index in [-0.39, 0.29) is 12.6 Å². The van der Waals surface area contributed by atoms with Crippen molar-refractivity contribution in [2.24, 2.45) is 0 Å². The van der Waals surface area contributed by atoms with Gasteiger partial charge in [0, 0.05) is 5.57 Å². The van der Waals surface area contributed by atoms with Gasteiger partial charge in [0.15, 0.2) is 0 Å². The Kier molecular flexibility index (Phi) is 3.18. The molecule has 0 aliphatic heterocycles. The molecule has 1 aromatic heterocycles. The molecule has 0 fully saturated rings. The van der Waals surface area contributed by atoms with Gasteiger partial charge in [-0.05, 0) is 19.1 Å². The van der Waals surface area contributed by atoms with Gasteiger partial charge in [0.1, 0.15) is 17.6 Å². The molecule has 5 heteroatoms. The molecule has 0 atom stereocenters. The number of esters is 1. The van der Waals surface area contributed by atoms with Gasteiger partial charge in [-0.3, -0.25) is 0 Å². The molecule has 0 radical (unpaired) electrons. The van der Waals surface area contributed by atoms with E-state index in [1.165, 1.54) is 4.80 Å². The van der Waals surface area contributed by atoms with Crippen molar-refractivity contribution in [3.8, 4) is 0 Å². The molecule has 0 N–H and O–H groups in total. The number of nitrogens with zero attached hydrogens (tertiary/aromatic N) is 3. The summed E-state index contributed by atoms with van der Waals surface area (Å²) in [5.74, 6) is -0.387. The maximum absolute atomic E-state index is 11.1. The van der Waals surface area contributed by atoms with Crippen molar-refractivity contribution in [1.29, 1.82) is 0 Å². The van der Waals surface area contributed by atoms with Crippen molar-refractivity contribution in [1.82, 2.24) is 15.0 Å². The summed E-state index contributed by atoms with van der Waals surface area (Å²) < 4.78 is 4.96. The Balaban J connectivity index is 1.95. The molecule has 88 valence electrons. The smallest absolute Gasteiger partial charge is 0.333 e. The number of carbonyl (C=O) groups excluding carboxylic acids is 1. The van der Waals surface area contributed by atoms with E-state index >= 15 is 0 Å². The molecule has 0 spiro atoms. The van der Waals surface area contributed by atoms with Gasteiger partial charge in [-0.2, -0.15) is 15.0 Å². The van der Waals surface area contributed by atoms with Crippen LogP contribution in [0, 0.1) is 0 Å². The van der Waals surface area contributed by atoms with Crippen LogP contribution < -0.4 is 0 Å². The van der Waals surface area contributed by atoms with Crippen molar-refractivity contribution in [3.63, 3.8) is 0 Å². The molecule has 2 aromatic rings. The summed E-state index contributed by atoms with van der Waals surface area (Å²) in [6.45, 7) is 5.80. The van der Waals surface area contributed by atoms with Crippen molar-refractivity contribution < 1.29 is 9.53 Å². The van der Waals surface area contributed by atoms with Crippen LogP contribution in [-0.4, -0.2) is 27.6 Å². The van der Waals surface area contributed by atoms with E-state index in [0.29, 0.717) is 12.1 Å². The zero-order chi connectivity index (χ0) is 12.3. The van der Waals surface area contributed by atoms with Gasteiger partial charge in [-0.25, -0.2) is 4.79 Å². The van der Waals surface area contributed by atoms with Crippen molar-refractivity contribution in [3.05, 3.63) is 36.4 Å². The van der Waals surface area contributed by atoms with Gasteiger partial charge in [-0.1, -0.05) is 18.7 Å². The lowest BCUT2D eigenvalue weighted by Gasteiger charge is -2.02. The van der Waals surface area contributed by atoms with Gasteiger partial charge in [0.2, 0.25) is 0 Å². The number of aromatic nitrogens is 3. The third-order valence-corrected chi connectivity index (χ3v) is 2.20. The van der Waals surface area contributed by atoms with Crippen molar-refractivity contribution >= 4 is 17.0 Å². The van der Waals surface area contributed by atoms with Crippen molar-refractivity contribution in [2.45, 2.75) is 13.5 Å². The Hall–Kier alpha value is -2.17. The number of rotatable bonds is 4. The van der Waals surface area contributed by atoms with Crippen LogP contribution in [0.25, 0.3) is 11.0 Å². The molecular weight excluding hydrogens is 218 g/mol. The first-order valence-corrected chi connectivity index (χ1v) is 5.29. The molecule has 0 unspecified atom stereocenters. The second-order valence-corrected chi connectivity index (χ2v) is 3.70. The molecule has 0 saturated heterocycles. The second kappa shape index (κ2) is 4.78. The van der Waals surface area contributed by atoms with Gasteiger partial charge < -0.3 is 4.74 Å². The fourth-order valence-electron chi connectivity index (χ4n) is 1.35. The monoisotopic (exact) mass is 231 g/mol. The van der Waals surface area contributed by atoms with Crippen LogP contribution in [-0.2, 0) is 16.1 Å². The summed E-state index contributed by atoms with van der Waals surface area (Å²) in [6, 6.07) is 7.59. The number of ether oxygens (including phenoxy) is 1. The first-order chi connectivity index (χ1) is 8.16. The summed E-state index contributed by atoms with van der Waals surface area (Å²) in [5, 5.41) is 8.49. The molecule has 0 aliphatic carbocycles. The lowest BCUT2D eigenvalue weighted by Crippen LogP contribution is -2.13. The van der Waals surface area contributed by atoms with E-state index in [0.717, 1.165) is 11.0 Å². The average molecular weight is 231 g/mol. The average Bonchev–Trinajstić information content (AvgIpc) is 2.71. The minimum absolute atomic E-state index is 0.243. The summed E-state index contributed by atoms with van der Waals surface area (Å²) in [5.41, 5.74) is 2.06. The first-order valence-electron chi connectivity index (χ1n) is 5.29. The Labute approximate surface area is 98.7 Å². The van der Waals surface area contributed by atoms with Crippen LogP contribution in [0.2, 0.25) is 0 Å². The molecule has 2 rings (SSSR count). The molecule has 0 bridgehead atoms. The molecule has 1 aromatic carbocycles. The van der Waals surface area contributed by atoms with E-state index < -0.39 is 0 Å². The van der Waals surface area contributed by atoms with Crippen LogP contribution in [0.5, 0.6) is 0 Å². The van der Waals surface area contributed by atoms with E-state index in [4.69, 9.17) is 4.74 Å². The predicted octanol–water partition coefficient (Wildman–Crippen LogP) is 1.55. The van der Waals surface area contributed by atoms with Crippen LogP contribution in [0.4, 0.5) is 0 Å². The van der Waals surface area contributed by atoms with Gasteiger partial charge in [-0.15, -0.1) is 0 Å². The number of hydrogen-bond donors (Lipinski definition) is 0. The minimum Gasteiger partial charge on any atom is -0.460 e. The highest BCUT2D eigenvalue weighted by Gasteiger charge is 2.04. The summed E-state index contributed by atoms with van der Waals surface area (Å²) in [6.07, 6.45) is 0. The fourth-order valence-corrected chi connectivity index (χ4v) is 1.35. The first kappa shape index (κ1) is 11.3. The van der Waals surface area contributed by atoms with Gasteiger partial charge >= 0.3 is 5.97 Å². The quantitative estimate of drug-likeness (QED) is 0.591. The lowest BCUT2D eigenvalue weighted by atomic mass is 10.3. The highest BCUT2D eigenvalue weighted by molar-refractivity contribution is 5.86. The highest BCUT2D eigenvalue weighted by atomic mass is 16.5. The molecule has 1 heterocycles. The van der Waals surface area contributed by atoms with Crippen LogP contribution >= 0.6 is 0 Å². The highest BCUT2D eigenvalue weighted by Crippen LogP contribution is 2.06. The normalized spacial score (nSPS) is 10.4. The maximum atomic E-state index is 11.1.